The SMILES string of the molecule is Cn1ccc(-c2ccc(-c3cnn4c5c(c(C6CC7CCC(C6)N7C(=O)CO)nc34)C(=O)CCN5)cn2)n1. The van der Waals surface area contributed by atoms with Crippen molar-refractivity contribution in [1.29, 1.82) is 0 Å². The van der Waals surface area contributed by atoms with Gasteiger partial charge in [0.05, 0.1) is 23.1 Å². The fraction of sp³-hybridized carbons (Fsp3) is 0.407. The van der Waals surface area contributed by atoms with Crippen LogP contribution in [-0.4, -0.2) is 76.3 Å². The van der Waals surface area contributed by atoms with Gasteiger partial charge in [-0.15, -0.1) is 0 Å². The molecule has 0 radical (unpaired) electrons. The Morgan fingerprint density at radius 2 is 1.95 bits per heavy atom. The van der Waals surface area contributed by atoms with Crippen molar-refractivity contribution in [2.45, 2.75) is 50.1 Å². The topological polar surface area (TPSA) is 131 Å². The monoisotopic (exact) mass is 512 g/mol. The van der Waals surface area contributed by atoms with Crippen molar-refractivity contribution in [3.05, 3.63) is 48.0 Å². The Labute approximate surface area is 218 Å². The van der Waals surface area contributed by atoms with E-state index in [0.717, 1.165) is 53.9 Å². The Morgan fingerprint density at radius 1 is 1.13 bits per heavy atom. The Kier molecular flexibility index (Phi) is 5.29. The molecule has 2 saturated heterocycles. The second-order valence-corrected chi connectivity index (χ2v) is 10.4. The highest BCUT2D eigenvalue weighted by Gasteiger charge is 2.45. The molecule has 11 heteroatoms. The number of nitrogens with zero attached hydrogens (tertiary/aromatic N) is 7. The van der Waals surface area contributed by atoms with Gasteiger partial charge in [-0.2, -0.15) is 14.7 Å². The van der Waals surface area contributed by atoms with Crippen LogP contribution in [0.2, 0.25) is 0 Å². The van der Waals surface area contributed by atoms with E-state index in [1.54, 1.807) is 21.6 Å². The van der Waals surface area contributed by atoms with Gasteiger partial charge in [0.15, 0.2) is 11.4 Å². The van der Waals surface area contributed by atoms with Gasteiger partial charge >= 0.3 is 0 Å². The smallest absolute Gasteiger partial charge is 0.248 e. The Bertz CT molecular complexity index is 1560. The number of aliphatic hydroxyl groups is 1. The summed E-state index contributed by atoms with van der Waals surface area (Å²) in [7, 11) is 1.87. The second-order valence-electron chi connectivity index (χ2n) is 10.4. The molecule has 2 unspecified atom stereocenters. The van der Waals surface area contributed by atoms with Gasteiger partial charge in [-0.3, -0.25) is 19.3 Å². The number of carbonyl (C=O) groups is 2. The normalized spacial score (nSPS) is 22.5. The van der Waals surface area contributed by atoms with E-state index in [9.17, 15) is 14.7 Å². The highest BCUT2D eigenvalue weighted by molar-refractivity contribution is 6.04. The van der Waals surface area contributed by atoms with Gasteiger partial charge < -0.3 is 15.3 Å². The molecule has 7 heterocycles. The molecule has 2 N–H and O–H groups in total. The quantitative estimate of drug-likeness (QED) is 0.426. The molecule has 0 aromatic carbocycles. The van der Waals surface area contributed by atoms with E-state index in [-0.39, 0.29) is 29.7 Å². The number of carbonyl (C=O) groups excluding carboxylic acids is 2. The number of aliphatic hydroxyl groups excluding tert-OH is 1. The van der Waals surface area contributed by atoms with E-state index in [4.69, 9.17) is 4.98 Å². The van der Waals surface area contributed by atoms with Crippen molar-refractivity contribution in [2.24, 2.45) is 7.05 Å². The number of aryl methyl sites for hydroxylation is 1. The lowest BCUT2D eigenvalue weighted by Crippen LogP contribution is -2.47. The molecule has 194 valence electrons. The summed E-state index contributed by atoms with van der Waals surface area (Å²) in [5.74, 6) is 0.596. The zero-order chi connectivity index (χ0) is 26.0. The maximum Gasteiger partial charge on any atom is 0.248 e. The van der Waals surface area contributed by atoms with Crippen LogP contribution in [0.3, 0.4) is 0 Å². The molecule has 38 heavy (non-hydrogen) atoms. The molecule has 11 nitrogen and oxygen atoms in total. The fourth-order valence-electron chi connectivity index (χ4n) is 6.51. The number of Topliss-reactive ketones (excluding diaryl/α,β-unsaturated/α-hetero) is 1. The minimum absolute atomic E-state index is 0.0465. The number of piperidine rings is 1. The molecule has 4 aromatic heterocycles. The first-order chi connectivity index (χ1) is 18.5. The Hall–Kier alpha value is -4.12. The van der Waals surface area contributed by atoms with E-state index in [0.29, 0.717) is 30.0 Å². The van der Waals surface area contributed by atoms with Crippen molar-refractivity contribution < 1.29 is 14.7 Å². The third-order valence-electron chi connectivity index (χ3n) is 8.19. The van der Waals surface area contributed by atoms with Crippen LogP contribution in [0.25, 0.3) is 28.2 Å². The third-order valence-corrected chi connectivity index (χ3v) is 8.19. The predicted octanol–water partition coefficient (Wildman–Crippen LogP) is 2.42. The predicted molar refractivity (Wildman–Crippen MR) is 139 cm³/mol. The van der Waals surface area contributed by atoms with Gasteiger partial charge in [-0.1, -0.05) is 6.07 Å². The number of hydrogen-bond acceptors (Lipinski definition) is 8. The van der Waals surface area contributed by atoms with Gasteiger partial charge in [0.25, 0.3) is 0 Å². The largest absolute Gasteiger partial charge is 0.387 e. The molecule has 3 aliphatic rings. The summed E-state index contributed by atoms with van der Waals surface area (Å²) in [6, 6.07) is 5.98. The number of fused-ring (bicyclic) bond motifs is 5. The van der Waals surface area contributed by atoms with Gasteiger partial charge in [0, 0.05) is 61.5 Å². The van der Waals surface area contributed by atoms with E-state index >= 15 is 0 Å². The number of rotatable bonds is 4. The van der Waals surface area contributed by atoms with Crippen molar-refractivity contribution >= 4 is 23.2 Å². The minimum atomic E-state index is -0.466. The fourth-order valence-corrected chi connectivity index (χ4v) is 6.51. The summed E-state index contributed by atoms with van der Waals surface area (Å²) in [5, 5.41) is 21.9. The lowest BCUT2D eigenvalue weighted by Gasteiger charge is -2.39. The standard InChI is InChI=1S/C27H28N8O3/c1-33-9-7-21(32-33)20-5-2-15(12-29-20)19-13-30-35-26(19)31-25(24-22(37)6-8-28-27(24)35)16-10-17-3-4-18(11-16)34(17)23(38)14-36/h2,5,7,9,12-13,16-18,28,36H,3-4,6,8,10-11,14H2,1H3. The molecule has 2 bridgehead atoms. The molecule has 1 amide bonds. The number of hydrogen-bond donors (Lipinski definition) is 2. The first kappa shape index (κ1) is 23.0. The zero-order valence-electron chi connectivity index (χ0n) is 21.0. The number of nitrogens with one attached hydrogen (secondary N) is 1. The van der Waals surface area contributed by atoms with E-state index in [1.165, 1.54) is 0 Å². The highest BCUT2D eigenvalue weighted by Crippen LogP contribution is 2.45. The summed E-state index contributed by atoms with van der Waals surface area (Å²) >= 11 is 0. The molecule has 0 saturated carbocycles. The third kappa shape index (κ3) is 3.52. The Morgan fingerprint density at radius 3 is 2.63 bits per heavy atom. The number of ketones is 1. The molecule has 2 atom stereocenters. The maximum absolute atomic E-state index is 13.2. The number of amides is 1. The number of anilines is 1. The van der Waals surface area contributed by atoms with Crippen molar-refractivity contribution in [2.75, 3.05) is 18.5 Å². The second kappa shape index (κ2) is 8.73. The molecule has 7 rings (SSSR count). The molecule has 0 spiro atoms. The summed E-state index contributed by atoms with van der Waals surface area (Å²) in [5.41, 5.74) is 5.38. The van der Waals surface area contributed by atoms with Crippen LogP contribution in [0, 0.1) is 0 Å². The van der Waals surface area contributed by atoms with Crippen LogP contribution >= 0.6 is 0 Å². The first-order valence-electron chi connectivity index (χ1n) is 13.1. The molecule has 3 aliphatic heterocycles. The summed E-state index contributed by atoms with van der Waals surface area (Å²) in [6.45, 7) is 0.0840. The van der Waals surface area contributed by atoms with Crippen LogP contribution in [-0.2, 0) is 11.8 Å². The van der Waals surface area contributed by atoms with Crippen LogP contribution in [0.15, 0.2) is 36.8 Å². The van der Waals surface area contributed by atoms with Gasteiger partial charge in [0.1, 0.15) is 18.1 Å². The highest BCUT2D eigenvalue weighted by atomic mass is 16.3. The van der Waals surface area contributed by atoms with Crippen molar-refractivity contribution in [3.8, 4) is 22.5 Å². The van der Waals surface area contributed by atoms with Crippen LogP contribution < -0.4 is 5.32 Å². The maximum atomic E-state index is 13.2. The van der Waals surface area contributed by atoms with Gasteiger partial charge in [-0.25, -0.2) is 4.98 Å². The molecule has 2 fully saturated rings. The summed E-state index contributed by atoms with van der Waals surface area (Å²) in [6.07, 6.45) is 9.16. The van der Waals surface area contributed by atoms with E-state index < -0.39 is 6.61 Å². The molecule has 4 aromatic rings. The van der Waals surface area contributed by atoms with E-state index in [2.05, 4.69) is 20.5 Å². The molecular formula is C27H28N8O3. The van der Waals surface area contributed by atoms with E-state index in [1.807, 2.05) is 36.3 Å². The van der Waals surface area contributed by atoms with Crippen LogP contribution in [0.4, 0.5) is 5.82 Å². The number of pyridine rings is 1. The average molecular weight is 513 g/mol. The van der Waals surface area contributed by atoms with Gasteiger partial charge in [0.2, 0.25) is 5.91 Å². The molecule has 0 aliphatic carbocycles. The molecular weight excluding hydrogens is 484 g/mol. The Balaban J connectivity index is 1.31. The van der Waals surface area contributed by atoms with Crippen LogP contribution in [0.5, 0.6) is 0 Å². The lowest BCUT2D eigenvalue weighted by atomic mass is 9.84. The van der Waals surface area contributed by atoms with Crippen molar-refractivity contribution in [1.82, 2.24) is 34.3 Å². The first-order valence-corrected chi connectivity index (χ1v) is 13.1. The zero-order valence-corrected chi connectivity index (χ0v) is 21.0. The number of aromatic nitrogens is 6. The van der Waals surface area contributed by atoms with Gasteiger partial charge in [-0.05, 0) is 37.8 Å². The average Bonchev–Trinajstić information content (AvgIpc) is 3.63. The lowest BCUT2D eigenvalue weighted by molar-refractivity contribution is -0.138. The van der Waals surface area contributed by atoms with Crippen LogP contribution in [0.1, 0.15) is 54.1 Å². The van der Waals surface area contributed by atoms with Crippen molar-refractivity contribution in [3.63, 3.8) is 0 Å². The minimum Gasteiger partial charge on any atom is -0.387 e. The summed E-state index contributed by atoms with van der Waals surface area (Å²) in [4.78, 5) is 37.2. The summed E-state index contributed by atoms with van der Waals surface area (Å²) < 4.78 is 3.48.